The van der Waals surface area contributed by atoms with Crippen LogP contribution in [0.1, 0.15) is 30.6 Å². The summed E-state index contributed by atoms with van der Waals surface area (Å²) in [6, 6.07) is 7.38. The lowest BCUT2D eigenvalue weighted by molar-refractivity contribution is 0.586. The number of nitrogens with one attached hydrogen (secondary N) is 1. The number of hydrogen-bond acceptors (Lipinski definition) is 6. The van der Waals surface area contributed by atoms with Crippen LogP contribution < -0.4 is 10.9 Å². The van der Waals surface area contributed by atoms with Crippen LogP contribution in [-0.4, -0.2) is 33.3 Å². The molecule has 0 unspecified atom stereocenters. The Kier molecular flexibility index (Phi) is 6.65. The van der Waals surface area contributed by atoms with E-state index in [0.717, 1.165) is 0 Å². The molecule has 176 valence electrons. The number of rotatable bonds is 6. The molecule has 4 rings (SSSR count). The molecule has 6 nitrogen and oxygen atoms in total. The van der Waals surface area contributed by atoms with Crippen molar-refractivity contribution in [3.8, 4) is 11.3 Å². The molecule has 0 aliphatic rings. The van der Waals surface area contributed by atoms with Gasteiger partial charge in [0.25, 0.3) is 0 Å². The molecule has 0 spiro atoms. The molecule has 4 aromatic rings. The fraction of sp³-hybridized carbons (Fsp3) is 0.250. The third-order valence-corrected chi connectivity index (χ3v) is 7.08. The lowest BCUT2D eigenvalue weighted by Gasteiger charge is -2.22. The highest BCUT2D eigenvalue weighted by Crippen LogP contribution is 2.37. The highest BCUT2D eigenvalue weighted by molar-refractivity contribution is 7.69. The molecule has 0 radical (unpaired) electrons. The van der Waals surface area contributed by atoms with Crippen molar-refractivity contribution in [1.29, 1.82) is 0 Å². The van der Waals surface area contributed by atoms with Crippen LogP contribution >= 0.6 is 18.7 Å². The van der Waals surface area contributed by atoms with E-state index in [2.05, 4.69) is 25.3 Å². The van der Waals surface area contributed by atoms with E-state index < -0.39 is 19.0 Å². The fourth-order valence-electron chi connectivity index (χ4n) is 3.65. The lowest BCUT2D eigenvalue weighted by Crippen LogP contribution is -2.14. The summed E-state index contributed by atoms with van der Waals surface area (Å²) in [7, 11) is -2.66. The molecule has 3 aromatic heterocycles. The second-order valence-electron chi connectivity index (χ2n) is 8.32. The van der Waals surface area contributed by atoms with Gasteiger partial charge in [0.15, 0.2) is 11.4 Å². The maximum absolute atomic E-state index is 15.0. The van der Waals surface area contributed by atoms with Crippen molar-refractivity contribution in [3.05, 3.63) is 70.6 Å². The van der Waals surface area contributed by atoms with E-state index in [9.17, 15) is 8.96 Å². The zero-order valence-electron chi connectivity index (χ0n) is 19.1. The summed E-state index contributed by atoms with van der Waals surface area (Å²) in [4.78, 5) is 17.2. The molecule has 0 saturated heterocycles. The number of aromatic nitrogens is 4. The second-order valence-corrected chi connectivity index (χ2v) is 11.8. The van der Waals surface area contributed by atoms with Gasteiger partial charge in [-0.2, -0.15) is 0 Å². The van der Waals surface area contributed by atoms with Crippen LogP contribution in [-0.2, 0) is 4.57 Å². The molecule has 0 saturated carbocycles. The predicted molar refractivity (Wildman–Crippen MR) is 132 cm³/mol. The van der Waals surface area contributed by atoms with E-state index in [4.69, 9.17) is 11.6 Å². The van der Waals surface area contributed by atoms with Crippen molar-refractivity contribution in [2.45, 2.75) is 26.3 Å². The number of fused-ring (bicyclic) bond motifs is 1. The first-order valence-corrected chi connectivity index (χ1v) is 13.6. The Bertz CT molecular complexity index is 1430. The van der Waals surface area contributed by atoms with Crippen molar-refractivity contribution in [2.24, 2.45) is 0 Å². The third kappa shape index (κ3) is 4.65. The topological polar surface area (TPSA) is 80.7 Å². The van der Waals surface area contributed by atoms with E-state index in [1.165, 1.54) is 24.5 Å². The van der Waals surface area contributed by atoms with Crippen LogP contribution in [0.2, 0.25) is 5.02 Å². The molecule has 1 aromatic carbocycles. The van der Waals surface area contributed by atoms with Crippen LogP contribution in [0, 0.1) is 18.6 Å². The van der Waals surface area contributed by atoms with E-state index in [-0.39, 0.29) is 17.1 Å². The molecule has 1 N–H and O–H groups in total. The Balaban J connectivity index is 1.86. The first-order valence-electron chi connectivity index (χ1n) is 10.7. The van der Waals surface area contributed by atoms with Gasteiger partial charge in [-0.05, 0) is 32.7 Å². The first-order chi connectivity index (χ1) is 16.1. The Labute approximate surface area is 201 Å². The van der Waals surface area contributed by atoms with Gasteiger partial charge in [-0.1, -0.05) is 36.7 Å². The molecule has 1 atom stereocenters. The van der Waals surface area contributed by atoms with Crippen molar-refractivity contribution in [3.63, 3.8) is 0 Å². The number of pyridine rings is 2. The second kappa shape index (κ2) is 9.35. The quantitative estimate of drug-likeness (QED) is 0.320. The molecular formula is C24H23ClF2N5OP. The Morgan fingerprint density at radius 3 is 2.38 bits per heavy atom. The van der Waals surface area contributed by atoms with Crippen molar-refractivity contribution in [1.82, 2.24) is 19.9 Å². The average Bonchev–Trinajstić information content (AvgIpc) is 2.80. The molecule has 34 heavy (non-hydrogen) atoms. The van der Waals surface area contributed by atoms with E-state index in [1.807, 2.05) is 6.92 Å². The van der Waals surface area contributed by atoms with Crippen LogP contribution in [0.5, 0.6) is 0 Å². The van der Waals surface area contributed by atoms with Crippen LogP contribution in [0.25, 0.3) is 22.3 Å². The maximum atomic E-state index is 15.0. The molecule has 0 fully saturated rings. The van der Waals surface area contributed by atoms with Gasteiger partial charge in [-0.25, -0.2) is 28.7 Å². The molecule has 0 amide bonds. The van der Waals surface area contributed by atoms with Gasteiger partial charge < -0.3 is 9.88 Å². The zero-order chi connectivity index (χ0) is 24.6. The predicted octanol–water partition coefficient (Wildman–Crippen LogP) is 6.14. The molecule has 3 heterocycles. The van der Waals surface area contributed by atoms with E-state index in [0.29, 0.717) is 45.0 Å². The summed E-state index contributed by atoms with van der Waals surface area (Å²) in [6.45, 7) is 6.75. The summed E-state index contributed by atoms with van der Waals surface area (Å²) in [5.74, 6) is -0.949. The van der Waals surface area contributed by atoms with Crippen molar-refractivity contribution in [2.75, 3.05) is 18.6 Å². The lowest BCUT2D eigenvalue weighted by atomic mass is 10.0. The maximum Gasteiger partial charge on any atom is 0.188 e. The summed E-state index contributed by atoms with van der Waals surface area (Å²) in [5.41, 5.74) is 2.58. The van der Waals surface area contributed by atoms with Crippen LogP contribution in [0.4, 0.5) is 14.5 Å². The minimum absolute atomic E-state index is 0.00444. The number of nitrogens with zero attached hydrogens (tertiary/aromatic N) is 4. The zero-order valence-corrected chi connectivity index (χ0v) is 20.8. The van der Waals surface area contributed by atoms with Gasteiger partial charge in [0.1, 0.15) is 24.2 Å². The fourth-order valence-corrected chi connectivity index (χ4v) is 4.51. The minimum Gasteiger partial charge on any atom is -0.375 e. The summed E-state index contributed by atoms with van der Waals surface area (Å²) in [5, 5.41) is 3.62. The van der Waals surface area contributed by atoms with Gasteiger partial charge >= 0.3 is 0 Å². The average molecular weight is 502 g/mol. The highest BCUT2D eigenvalue weighted by atomic mass is 35.5. The minimum atomic E-state index is -2.66. The third-order valence-electron chi connectivity index (χ3n) is 5.42. The van der Waals surface area contributed by atoms with Gasteiger partial charge in [0, 0.05) is 29.6 Å². The normalized spacial score (nSPS) is 12.7. The molecule has 0 aliphatic heterocycles. The highest BCUT2D eigenvalue weighted by Gasteiger charge is 2.22. The largest absolute Gasteiger partial charge is 0.375 e. The SMILES string of the molecule is CC[C@@H](Nc1c(Cl)c(C)nc2cc(F)c(-c3cnc(P(C)(C)=O)nc3)nc12)c1ccccc1F. The standard InChI is InChI=1S/C24H23ClF2N5OP/c1-5-18(15-8-6-7-9-16(15)26)31-23-20(25)13(2)30-19-10-17(27)21(32-22(19)23)14-11-28-24(29-12-14)34(3,4)33/h6-12,18H,5H2,1-4H3,(H,30,31)/t18-/m1/s1. The van der Waals surface area contributed by atoms with Gasteiger partial charge in [-0.3, -0.25) is 0 Å². The Morgan fingerprint density at radius 1 is 1.09 bits per heavy atom. The van der Waals surface area contributed by atoms with Gasteiger partial charge in [0.05, 0.1) is 28.0 Å². The Morgan fingerprint density at radius 2 is 1.76 bits per heavy atom. The summed E-state index contributed by atoms with van der Waals surface area (Å²) in [6.07, 6.45) is 3.35. The summed E-state index contributed by atoms with van der Waals surface area (Å²) < 4.78 is 41.7. The summed E-state index contributed by atoms with van der Waals surface area (Å²) >= 11 is 6.60. The van der Waals surface area contributed by atoms with Gasteiger partial charge in [0.2, 0.25) is 0 Å². The van der Waals surface area contributed by atoms with Crippen molar-refractivity contribution >= 4 is 41.0 Å². The number of anilines is 1. The molecule has 0 bridgehead atoms. The number of benzene rings is 1. The Hall–Kier alpha value is -2.96. The first kappa shape index (κ1) is 24.2. The van der Waals surface area contributed by atoms with Crippen LogP contribution in [0.3, 0.4) is 0 Å². The number of aryl methyl sites for hydroxylation is 1. The smallest absolute Gasteiger partial charge is 0.188 e. The van der Waals surface area contributed by atoms with E-state index in [1.54, 1.807) is 38.5 Å². The van der Waals surface area contributed by atoms with Gasteiger partial charge in [-0.15, -0.1) is 0 Å². The monoisotopic (exact) mass is 501 g/mol. The van der Waals surface area contributed by atoms with E-state index >= 15 is 4.39 Å². The number of halogens is 3. The molecule has 0 aliphatic carbocycles. The molecular weight excluding hydrogens is 479 g/mol. The number of hydrogen-bond donors (Lipinski definition) is 1. The van der Waals surface area contributed by atoms with Crippen LogP contribution in [0.15, 0.2) is 42.7 Å². The molecule has 10 heteroatoms. The van der Waals surface area contributed by atoms with Crippen molar-refractivity contribution < 1.29 is 13.3 Å².